The van der Waals surface area contributed by atoms with E-state index in [1.807, 2.05) is 60.7 Å². The zero-order valence-corrected chi connectivity index (χ0v) is 21.9. The number of anilines is 1. The van der Waals surface area contributed by atoms with Crippen molar-refractivity contribution in [3.8, 4) is 23.0 Å². The number of thiazole rings is 1. The average molecular weight is 506 g/mol. The highest BCUT2D eigenvalue weighted by Gasteiger charge is 2.26. The Labute approximate surface area is 215 Å². The van der Waals surface area contributed by atoms with E-state index in [0.717, 1.165) is 17.8 Å². The average Bonchev–Trinajstić information content (AvgIpc) is 3.36. The van der Waals surface area contributed by atoms with Crippen molar-refractivity contribution in [2.24, 2.45) is 0 Å². The van der Waals surface area contributed by atoms with Crippen molar-refractivity contribution in [3.05, 3.63) is 72.3 Å². The Morgan fingerprint density at radius 2 is 1.50 bits per heavy atom. The fourth-order valence-corrected chi connectivity index (χ4v) is 5.05. The van der Waals surface area contributed by atoms with Gasteiger partial charge in [0, 0.05) is 13.1 Å². The Morgan fingerprint density at radius 3 is 2.19 bits per heavy atom. The van der Waals surface area contributed by atoms with Crippen LogP contribution in [-0.2, 0) is 0 Å². The van der Waals surface area contributed by atoms with Gasteiger partial charge in [-0.2, -0.15) is 0 Å². The summed E-state index contributed by atoms with van der Waals surface area (Å²) in [6.07, 6.45) is 0. The highest BCUT2D eigenvalue weighted by Crippen LogP contribution is 2.40. The number of carbonyl (C=O) groups excluding carboxylic acids is 1. The molecule has 0 spiro atoms. The molecule has 0 bridgehead atoms. The lowest BCUT2D eigenvalue weighted by molar-refractivity contribution is 0.0981. The molecule has 0 saturated carbocycles. The van der Waals surface area contributed by atoms with Crippen LogP contribution in [0, 0.1) is 0 Å². The van der Waals surface area contributed by atoms with E-state index in [4.69, 9.17) is 19.2 Å². The molecule has 0 aliphatic carbocycles. The van der Waals surface area contributed by atoms with Gasteiger partial charge in [-0.3, -0.25) is 9.69 Å². The minimum atomic E-state index is -0.175. The minimum Gasteiger partial charge on any atom is -0.495 e. The van der Waals surface area contributed by atoms with Crippen molar-refractivity contribution < 1.29 is 19.0 Å². The molecule has 4 rings (SSSR count). The second-order valence-electron chi connectivity index (χ2n) is 8.04. The standard InChI is InChI=1S/C28H31N3O4S/c1-5-30(6-2)18-19-31(28-29-25-23(33-3)16-17-24(34-4)26(25)36-28)27(32)21-14-10-11-15-22(21)35-20-12-8-7-9-13-20/h7-17H,5-6,18-19H2,1-4H3. The van der Waals surface area contributed by atoms with E-state index in [1.54, 1.807) is 25.2 Å². The summed E-state index contributed by atoms with van der Waals surface area (Å²) in [4.78, 5) is 22.9. The molecule has 0 saturated heterocycles. The number of nitrogens with zero attached hydrogens (tertiary/aromatic N) is 3. The molecule has 188 valence electrons. The van der Waals surface area contributed by atoms with Crippen LogP contribution in [0.4, 0.5) is 5.13 Å². The van der Waals surface area contributed by atoms with Crippen molar-refractivity contribution in [1.29, 1.82) is 0 Å². The number of methoxy groups -OCH3 is 2. The van der Waals surface area contributed by atoms with E-state index in [1.165, 1.54) is 11.3 Å². The van der Waals surface area contributed by atoms with Gasteiger partial charge >= 0.3 is 0 Å². The van der Waals surface area contributed by atoms with E-state index in [-0.39, 0.29) is 5.91 Å². The molecule has 4 aromatic rings. The largest absolute Gasteiger partial charge is 0.495 e. The molecule has 1 heterocycles. The van der Waals surface area contributed by atoms with Crippen LogP contribution in [0.5, 0.6) is 23.0 Å². The van der Waals surface area contributed by atoms with Gasteiger partial charge in [0.25, 0.3) is 5.91 Å². The molecule has 1 aromatic heterocycles. The van der Waals surface area contributed by atoms with Gasteiger partial charge in [-0.05, 0) is 49.5 Å². The summed E-state index contributed by atoms with van der Waals surface area (Å²) in [7, 11) is 3.24. The van der Waals surface area contributed by atoms with Crippen molar-refractivity contribution in [2.45, 2.75) is 13.8 Å². The molecule has 0 atom stereocenters. The number of hydrogen-bond acceptors (Lipinski definition) is 7. The van der Waals surface area contributed by atoms with Gasteiger partial charge in [0.2, 0.25) is 0 Å². The first kappa shape index (κ1) is 25.5. The smallest absolute Gasteiger partial charge is 0.263 e. The Hall–Kier alpha value is -3.62. The number of fused-ring (bicyclic) bond motifs is 1. The zero-order chi connectivity index (χ0) is 25.5. The van der Waals surface area contributed by atoms with Crippen molar-refractivity contribution in [3.63, 3.8) is 0 Å². The number of amides is 1. The van der Waals surface area contributed by atoms with Crippen LogP contribution in [0.25, 0.3) is 10.2 Å². The summed E-state index contributed by atoms with van der Waals surface area (Å²) in [5, 5.41) is 0.583. The molecule has 0 aliphatic rings. The second-order valence-corrected chi connectivity index (χ2v) is 9.02. The van der Waals surface area contributed by atoms with E-state index in [2.05, 4.69) is 18.7 Å². The highest BCUT2D eigenvalue weighted by atomic mass is 32.1. The summed E-state index contributed by atoms with van der Waals surface area (Å²) in [5.74, 6) is 2.32. The minimum absolute atomic E-state index is 0.175. The van der Waals surface area contributed by atoms with Crippen LogP contribution in [0.3, 0.4) is 0 Å². The summed E-state index contributed by atoms with van der Waals surface area (Å²) in [6, 6.07) is 20.5. The Kier molecular flexibility index (Phi) is 8.40. The first-order valence-corrected chi connectivity index (χ1v) is 12.8. The number of benzene rings is 3. The molecule has 0 radical (unpaired) electrons. The van der Waals surface area contributed by atoms with Crippen LogP contribution in [-0.4, -0.2) is 56.2 Å². The van der Waals surface area contributed by atoms with Crippen molar-refractivity contribution >= 4 is 32.6 Å². The molecule has 0 aliphatic heterocycles. The SMILES string of the molecule is CCN(CC)CCN(C(=O)c1ccccc1Oc1ccccc1)c1nc2c(OC)ccc(OC)c2s1. The molecule has 0 fully saturated rings. The van der Waals surface area contributed by atoms with Gasteiger partial charge in [0.05, 0.1) is 19.8 Å². The van der Waals surface area contributed by atoms with Gasteiger partial charge in [-0.1, -0.05) is 55.5 Å². The molecule has 1 amide bonds. The molecular formula is C28H31N3O4S. The van der Waals surface area contributed by atoms with Crippen molar-refractivity contribution in [2.75, 3.05) is 45.3 Å². The fraction of sp³-hybridized carbons (Fsp3) is 0.286. The number of rotatable bonds is 11. The Balaban J connectivity index is 1.76. The third-order valence-electron chi connectivity index (χ3n) is 6.00. The van der Waals surface area contributed by atoms with Crippen LogP contribution < -0.4 is 19.1 Å². The maximum atomic E-state index is 14.1. The molecule has 0 unspecified atom stereocenters. The van der Waals surface area contributed by atoms with E-state index in [0.29, 0.717) is 52.3 Å². The Morgan fingerprint density at radius 1 is 0.833 bits per heavy atom. The van der Waals surface area contributed by atoms with Gasteiger partial charge in [0.1, 0.15) is 33.2 Å². The molecule has 36 heavy (non-hydrogen) atoms. The summed E-state index contributed by atoms with van der Waals surface area (Å²) in [5.41, 5.74) is 1.14. The number of aromatic nitrogens is 1. The predicted octanol–water partition coefficient (Wildman–Crippen LogP) is 6.09. The van der Waals surface area contributed by atoms with Gasteiger partial charge in [0.15, 0.2) is 5.13 Å². The van der Waals surface area contributed by atoms with Gasteiger partial charge in [-0.25, -0.2) is 4.98 Å². The van der Waals surface area contributed by atoms with Crippen LogP contribution in [0.2, 0.25) is 0 Å². The fourth-order valence-electron chi connectivity index (χ4n) is 3.95. The highest BCUT2D eigenvalue weighted by molar-refractivity contribution is 7.22. The third-order valence-corrected chi connectivity index (χ3v) is 7.09. The van der Waals surface area contributed by atoms with Crippen LogP contribution in [0.1, 0.15) is 24.2 Å². The lowest BCUT2D eigenvalue weighted by Crippen LogP contribution is -2.39. The third kappa shape index (κ3) is 5.45. The maximum absolute atomic E-state index is 14.1. The van der Waals surface area contributed by atoms with E-state index in [9.17, 15) is 4.79 Å². The van der Waals surface area contributed by atoms with Crippen LogP contribution >= 0.6 is 11.3 Å². The molecular weight excluding hydrogens is 474 g/mol. The van der Waals surface area contributed by atoms with Gasteiger partial charge < -0.3 is 19.1 Å². The normalized spacial score (nSPS) is 11.0. The maximum Gasteiger partial charge on any atom is 0.263 e. The molecule has 3 aromatic carbocycles. The predicted molar refractivity (Wildman–Crippen MR) is 145 cm³/mol. The van der Waals surface area contributed by atoms with Crippen molar-refractivity contribution in [1.82, 2.24) is 9.88 Å². The topological polar surface area (TPSA) is 64.1 Å². The summed E-state index contributed by atoms with van der Waals surface area (Å²) < 4.78 is 18.0. The number of hydrogen-bond donors (Lipinski definition) is 0. The summed E-state index contributed by atoms with van der Waals surface area (Å²) >= 11 is 1.42. The van der Waals surface area contributed by atoms with E-state index < -0.39 is 0 Å². The first-order chi connectivity index (χ1) is 17.6. The number of ether oxygens (including phenoxy) is 3. The molecule has 0 N–H and O–H groups in total. The lowest BCUT2D eigenvalue weighted by atomic mass is 10.1. The zero-order valence-electron chi connectivity index (χ0n) is 21.1. The van der Waals surface area contributed by atoms with E-state index >= 15 is 0 Å². The number of carbonyl (C=O) groups is 1. The summed E-state index contributed by atoms with van der Waals surface area (Å²) in [6.45, 7) is 7.22. The lowest BCUT2D eigenvalue weighted by Gasteiger charge is -2.25. The second kappa shape index (κ2) is 11.9. The van der Waals surface area contributed by atoms with Gasteiger partial charge in [-0.15, -0.1) is 0 Å². The Bertz CT molecular complexity index is 1260. The molecule has 8 heteroatoms. The number of para-hydroxylation sites is 2. The molecule has 7 nitrogen and oxygen atoms in total. The number of likely N-dealkylation sites (N-methyl/N-ethyl adjacent to an activating group) is 1. The first-order valence-electron chi connectivity index (χ1n) is 12.0. The quantitative estimate of drug-likeness (QED) is 0.246. The monoisotopic (exact) mass is 505 g/mol. The van der Waals surface area contributed by atoms with Crippen LogP contribution in [0.15, 0.2) is 66.7 Å².